The summed E-state index contributed by atoms with van der Waals surface area (Å²) in [5.74, 6) is 0.408. The first-order valence-electron chi connectivity index (χ1n) is 6.06. The van der Waals surface area contributed by atoms with Crippen molar-refractivity contribution in [3.63, 3.8) is 0 Å². The van der Waals surface area contributed by atoms with E-state index in [-0.39, 0.29) is 11.9 Å². The average molecular weight is 359 g/mol. The van der Waals surface area contributed by atoms with E-state index in [2.05, 4.69) is 21.2 Å². The molecule has 0 heterocycles. The molecule has 5 heteroatoms. The van der Waals surface area contributed by atoms with Gasteiger partial charge in [-0.05, 0) is 43.3 Å². The summed E-state index contributed by atoms with van der Waals surface area (Å²) in [6.45, 7) is 1.88. The number of anilines is 1. The van der Waals surface area contributed by atoms with E-state index in [1.807, 2.05) is 6.92 Å². The summed E-state index contributed by atoms with van der Waals surface area (Å²) in [6, 6.07) is 9.92. The average Bonchev–Trinajstić information content (AvgIpc) is 2.41. The second kappa shape index (κ2) is 6.46. The molecular formula is C15H14BrClFNO. The number of halogens is 3. The third-order valence-corrected chi connectivity index (χ3v) is 3.69. The first kappa shape index (κ1) is 15.1. The molecule has 2 rings (SSSR count). The lowest BCUT2D eigenvalue weighted by Crippen LogP contribution is -2.09. The van der Waals surface area contributed by atoms with E-state index in [1.54, 1.807) is 37.4 Å². The molecule has 0 radical (unpaired) electrons. The summed E-state index contributed by atoms with van der Waals surface area (Å²) in [7, 11) is 1.58. The van der Waals surface area contributed by atoms with Crippen molar-refractivity contribution in [1.82, 2.24) is 0 Å². The molecule has 0 aliphatic heterocycles. The van der Waals surface area contributed by atoms with Crippen molar-refractivity contribution in [2.24, 2.45) is 0 Å². The van der Waals surface area contributed by atoms with Gasteiger partial charge in [0.25, 0.3) is 0 Å². The lowest BCUT2D eigenvalue weighted by atomic mass is 10.1. The Labute approximate surface area is 131 Å². The highest BCUT2D eigenvalue weighted by molar-refractivity contribution is 9.10. The van der Waals surface area contributed by atoms with Crippen LogP contribution in [0.5, 0.6) is 5.75 Å². The van der Waals surface area contributed by atoms with Crippen LogP contribution in [-0.2, 0) is 0 Å². The standard InChI is InChI=1S/C15H14BrClFNO/c1-9(12-7-10(16)3-5-13(12)18)19-14-8-11(17)4-6-15(14)20-2/h3-9,19H,1-2H3. The molecule has 0 aliphatic rings. The van der Waals surface area contributed by atoms with Crippen molar-refractivity contribution >= 4 is 33.2 Å². The third-order valence-electron chi connectivity index (χ3n) is 2.96. The summed E-state index contributed by atoms with van der Waals surface area (Å²) in [4.78, 5) is 0. The van der Waals surface area contributed by atoms with Crippen LogP contribution in [-0.4, -0.2) is 7.11 Å². The zero-order chi connectivity index (χ0) is 14.7. The van der Waals surface area contributed by atoms with Crippen LogP contribution in [0.4, 0.5) is 10.1 Å². The lowest BCUT2D eigenvalue weighted by molar-refractivity contribution is 0.416. The fourth-order valence-electron chi connectivity index (χ4n) is 1.95. The molecule has 1 atom stereocenters. The fourth-order valence-corrected chi connectivity index (χ4v) is 2.50. The normalized spacial score (nSPS) is 12.1. The molecule has 0 bridgehead atoms. The van der Waals surface area contributed by atoms with E-state index in [0.717, 1.165) is 10.2 Å². The van der Waals surface area contributed by atoms with Gasteiger partial charge in [0, 0.05) is 15.1 Å². The quantitative estimate of drug-likeness (QED) is 0.787. The van der Waals surface area contributed by atoms with Crippen molar-refractivity contribution < 1.29 is 9.13 Å². The molecule has 2 aromatic carbocycles. The van der Waals surface area contributed by atoms with Crippen LogP contribution in [0.1, 0.15) is 18.5 Å². The van der Waals surface area contributed by atoms with Crippen LogP contribution < -0.4 is 10.1 Å². The molecule has 20 heavy (non-hydrogen) atoms. The highest BCUT2D eigenvalue weighted by Crippen LogP contribution is 2.32. The second-order valence-corrected chi connectivity index (χ2v) is 5.73. The van der Waals surface area contributed by atoms with E-state index in [9.17, 15) is 4.39 Å². The topological polar surface area (TPSA) is 21.3 Å². The number of rotatable bonds is 4. The Kier molecular flexibility index (Phi) is 4.89. The van der Waals surface area contributed by atoms with Crippen LogP contribution in [0.2, 0.25) is 5.02 Å². The minimum atomic E-state index is -0.255. The lowest BCUT2D eigenvalue weighted by Gasteiger charge is -2.19. The minimum Gasteiger partial charge on any atom is -0.495 e. The largest absolute Gasteiger partial charge is 0.495 e. The molecule has 0 fully saturated rings. The van der Waals surface area contributed by atoms with Crippen molar-refractivity contribution in [3.8, 4) is 5.75 Å². The molecule has 0 aliphatic carbocycles. The van der Waals surface area contributed by atoms with Crippen LogP contribution in [0.25, 0.3) is 0 Å². The van der Waals surface area contributed by atoms with Gasteiger partial charge in [0.05, 0.1) is 18.8 Å². The van der Waals surface area contributed by atoms with Gasteiger partial charge in [0.2, 0.25) is 0 Å². The highest BCUT2D eigenvalue weighted by atomic mass is 79.9. The van der Waals surface area contributed by atoms with Crippen molar-refractivity contribution in [2.75, 3.05) is 12.4 Å². The molecule has 0 saturated carbocycles. The maximum atomic E-state index is 13.9. The summed E-state index contributed by atoms with van der Waals surface area (Å²) < 4.78 is 20.0. The Bertz CT molecular complexity index is 621. The predicted molar refractivity (Wildman–Crippen MR) is 84.1 cm³/mol. The molecule has 0 spiro atoms. The SMILES string of the molecule is COc1ccc(Cl)cc1NC(C)c1cc(Br)ccc1F. The summed E-state index contributed by atoms with van der Waals surface area (Å²) >= 11 is 9.33. The van der Waals surface area contributed by atoms with Gasteiger partial charge >= 0.3 is 0 Å². The molecule has 0 saturated heterocycles. The Hall–Kier alpha value is -1.26. The van der Waals surface area contributed by atoms with Crippen LogP contribution >= 0.6 is 27.5 Å². The highest BCUT2D eigenvalue weighted by Gasteiger charge is 2.13. The first-order chi connectivity index (χ1) is 9.51. The smallest absolute Gasteiger partial charge is 0.142 e. The van der Waals surface area contributed by atoms with E-state index in [1.165, 1.54) is 6.07 Å². The number of benzene rings is 2. The van der Waals surface area contributed by atoms with E-state index < -0.39 is 0 Å². The van der Waals surface area contributed by atoms with Gasteiger partial charge in [0.15, 0.2) is 0 Å². The predicted octanol–water partition coefficient (Wildman–Crippen LogP) is 5.42. The Balaban J connectivity index is 2.29. The molecule has 1 unspecified atom stereocenters. The van der Waals surface area contributed by atoms with Gasteiger partial charge in [-0.2, -0.15) is 0 Å². The van der Waals surface area contributed by atoms with E-state index in [0.29, 0.717) is 16.3 Å². The Morgan fingerprint density at radius 2 is 2.00 bits per heavy atom. The molecule has 2 nitrogen and oxygen atoms in total. The van der Waals surface area contributed by atoms with Crippen molar-refractivity contribution in [3.05, 3.63) is 57.3 Å². The number of methoxy groups -OCH3 is 1. The van der Waals surface area contributed by atoms with Gasteiger partial charge in [-0.3, -0.25) is 0 Å². The zero-order valence-electron chi connectivity index (χ0n) is 11.1. The third kappa shape index (κ3) is 3.44. The number of ether oxygens (including phenoxy) is 1. The number of hydrogen-bond acceptors (Lipinski definition) is 2. The van der Waals surface area contributed by atoms with Gasteiger partial charge in [-0.15, -0.1) is 0 Å². The number of nitrogens with one attached hydrogen (secondary N) is 1. The first-order valence-corrected chi connectivity index (χ1v) is 7.23. The molecule has 1 N–H and O–H groups in total. The minimum absolute atomic E-state index is 0.222. The van der Waals surface area contributed by atoms with Crippen LogP contribution in [0.15, 0.2) is 40.9 Å². The van der Waals surface area contributed by atoms with Gasteiger partial charge < -0.3 is 10.1 Å². The van der Waals surface area contributed by atoms with E-state index in [4.69, 9.17) is 16.3 Å². The Morgan fingerprint density at radius 3 is 2.70 bits per heavy atom. The van der Waals surface area contributed by atoms with Crippen molar-refractivity contribution in [2.45, 2.75) is 13.0 Å². The molecule has 0 amide bonds. The maximum absolute atomic E-state index is 13.9. The van der Waals surface area contributed by atoms with Gasteiger partial charge in [0.1, 0.15) is 11.6 Å². The number of hydrogen-bond donors (Lipinski definition) is 1. The van der Waals surface area contributed by atoms with Crippen molar-refractivity contribution in [1.29, 1.82) is 0 Å². The van der Waals surface area contributed by atoms with Crippen LogP contribution in [0.3, 0.4) is 0 Å². The monoisotopic (exact) mass is 357 g/mol. The fraction of sp³-hybridized carbons (Fsp3) is 0.200. The zero-order valence-corrected chi connectivity index (χ0v) is 13.4. The maximum Gasteiger partial charge on any atom is 0.142 e. The summed E-state index contributed by atoms with van der Waals surface area (Å²) in [6.07, 6.45) is 0. The van der Waals surface area contributed by atoms with Crippen LogP contribution in [0, 0.1) is 5.82 Å². The molecular weight excluding hydrogens is 345 g/mol. The molecule has 2 aromatic rings. The van der Waals surface area contributed by atoms with E-state index >= 15 is 0 Å². The summed E-state index contributed by atoms with van der Waals surface area (Å²) in [5, 5.41) is 3.81. The Morgan fingerprint density at radius 1 is 1.25 bits per heavy atom. The molecule has 106 valence electrons. The summed E-state index contributed by atoms with van der Waals surface area (Å²) in [5.41, 5.74) is 1.30. The molecule has 0 aromatic heterocycles. The second-order valence-electron chi connectivity index (χ2n) is 4.38. The van der Waals surface area contributed by atoms with Gasteiger partial charge in [-0.25, -0.2) is 4.39 Å². The van der Waals surface area contributed by atoms with Gasteiger partial charge in [-0.1, -0.05) is 27.5 Å².